The molecule has 1 aromatic rings. The Hall–Kier alpha value is -2.83. The lowest BCUT2D eigenvalue weighted by atomic mass is 9.71. The lowest BCUT2D eigenvalue weighted by molar-refractivity contribution is -0.151. The fourth-order valence-electron chi connectivity index (χ4n) is 5.01. The third-order valence-electron chi connectivity index (χ3n) is 6.53. The van der Waals surface area contributed by atoms with E-state index in [9.17, 15) is 14.7 Å². The van der Waals surface area contributed by atoms with Gasteiger partial charge in [0.05, 0.1) is 14.2 Å². The Kier molecular flexibility index (Phi) is 6.03. The number of aromatic hydroxyl groups is 1. The first-order valence-electron chi connectivity index (χ1n) is 10.9. The summed E-state index contributed by atoms with van der Waals surface area (Å²) in [6.45, 7) is 1.82. The van der Waals surface area contributed by atoms with Crippen molar-refractivity contribution in [2.24, 2.45) is 10.9 Å². The van der Waals surface area contributed by atoms with Gasteiger partial charge in [-0.05, 0) is 63.1 Å². The largest absolute Gasteiger partial charge is 0.502 e. The van der Waals surface area contributed by atoms with Crippen LogP contribution in [0.2, 0.25) is 0 Å². The molecule has 1 fully saturated rings. The van der Waals surface area contributed by atoms with Crippen molar-refractivity contribution in [1.29, 1.82) is 0 Å². The summed E-state index contributed by atoms with van der Waals surface area (Å²) in [5, 5.41) is 10.4. The molecule has 0 aromatic heterocycles. The maximum atomic E-state index is 13.4. The van der Waals surface area contributed by atoms with Crippen LogP contribution >= 0.6 is 0 Å². The average molecular weight is 427 g/mol. The van der Waals surface area contributed by atoms with Crippen LogP contribution in [0.5, 0.6) is 17.2 Å². The minimum atomic E-state index is -0.708. The van der Waals surface area contributed by atoms with Crippen LogP contribution in [0.4, 0.5) is 0 Å². The maximum Gasteiger partial charge on any atom is 0.315 e. The third kappa shape index (κ3) is 3.93. The Bertz CT molecular complexity index is 932. The number of hydrogen-bond donors (Lipinski definition) is 1. The Morgan fingerprint density at radius 2 is 1.71 bits per heavy atom. The summed E-state index contributed by atoms with van der Waals surface area (Å²) >= 11 is 0. The van der Waals surface area contributed by atoms with E-state index in [0.29, 0.717) is 29.7 Å². The van der Waals surface area contributed by atoms with Gasteiger partial charge < -0.3 is 19.3 Å². The van der Waals surface area contributed by atoms with Crippen molar-refractivity contribution in [3.63, 3.8) is 0 Å². The molecule has 7 nitrogen and oxygen atoms in total. The first-order valence-corrected chi connectivity index (χ1v) is 10.9. The minimum Gasteiger partial charge on any atom is -0.502 e. The first kappa shape index (κ1) is 21.4. The van der Waals surface area contributed by atoms with Crippen molar-refractivity contribution in [3.05, 3.63) is 29.0 Å². The predicted molar refractivity (Wildman–Crippen MR) is 115 cm³/mol. The number of ketones is 1. The van der Waals surface area contributed by atoms with E-state index in [4.69, 9.17) is 14.2 Å². The predicted octanol–water partition coefficient (Wildman–Crippen LogP) is 4.08. The van der Waals surface area contributed by atoms with Crippen molar-refractivity contribution in [3.8, 4) is 17.2 Å². The molecule has 0 radical (unpaired) electrons. The summed E-state index contributed by atoms with van der Waals surface area (Å²) in [4.78, 5) is 31.0. The van der Waals surface area contributed by atoms with Crippen molar-refractivity contribution < 1.29 is 28.9 Å². The van der Waals surface area contributed by atoms with Crippen LogP contribution in [-0.4, -0.2) is 42.9 Å². The molecule has 1 heterocycles. The number of methoxy groups -OCH3 is 2. The van der Waals surface area contributed by atoms with E-state index < -0.39 is 11.8 Å². The van der Waals surface area contributed by atoms with Crippen molar-refractivity contribution in [2.75, 3.05) is 14.2 Å². The Morgan fingerprint density at radius 3 is 2.32 bits per heavy atom. The van der Waals surface area contributed by atoms with E-state index in [1.807, 2.05) is 6.92 Å². The van der Waals surface area contributed by atoms with Gasteiger partial charge in [0.25, 0.3) is 0 Å². The van der Waals surface area contributed by atoms with Gasteiger partial charge in [0, 0.05) is 29.3 Å². The summed E-state index contributed by atoms with van der Waals surface area (Å²) in [7, 11) is 2.91. The standard InChI is InChI=1S/C24H29NO6/c1-13-20(24(28)31-15-7-4-5-8-15)21(22-16(25-13)9-6-10-17(22)26)14-11-18(29-2)23(27)19(12-14)30-3/h11-12,15,20-21,27H,4-10H2,1-3H3/t20?,21-/m1/s1. The van der Waals surface area contributed by atoms with Crippen LogP contribution < -0.4 is 9.47 Å². The van der Waals surface area contributed by atoms with E-state index in [-0.39, 0.29) is 35.1 Å². The Morgan fingerprint density at radius 1 is 1.06 bits per heavy atom. The number of rotatable bonds is 5. The smallest absolute Gasteiger partial charge is 0.315 e. The monoisotopic (exact) mass is 427 g/mol. The molecule has 1 aromatic carbocycles. The van der Waals surface area contributed by atoms with Crippen LogP contribution in [0, 0.1) is 5.92 Å². The van der Waals surface area contributed by atoms with Crippen LogP contribution in [-0.2, 0) is 14.3 Å². The normalized spacial score (nSPS) is 24.0. The number of ether oxygens (including phenoxy) is 3. The van der Waals surface area contributed by atoms with E-state index >= 15 is 0 Å². The zero-order chi connectivity index (χ0) is 22.1. The van der Waals surface area contributed by atoms with Crippen LogP contribution in [0.15, 0.2) is 28.4 Å². The highest BCUT2D eigenvalue weighted by atomic mass is 16.5. The molecule has 2 aliphatic carbocycles. The molecule has 0 spiro atoms. The molecule has 2 atom stereocenters. The number of Topliss-reactive ketones (excluding diaryl/α,β-unsaturated/α-hetero) is 1. The van der Waals surface area contributed by atoms with Crippen molar-refractivity contribution in [2.45, 2.75) is 63.9 Å². The second kappa shape index (κ2) is 8.73. The molecule has 4 rings (SSSR count). The average Bonchev–Trinajstić information content (AvgIpc) is 3.26. The SMILES string of the molecule is COc1cc([C@H]2C3=C(CCCC3=O)N=C(C)C2C(=O)OC2CCCC2)cc(OC)c1O. The fraction of sp³-hybridized carbons (Fsp3) is 0.542. The van der Waals surface area contributed by atoms with Crippen molar-refractivity contribution >= 4 is 17.5 Å². The van der Waals surface area contributed by atoms with Crippen LogP contribution in [0.3, 0.4) is 0 Å². The second-order valence-corrected chi connectivity index (χ2v) is 8.46. The van der Waals surface area contributed by atoms with Gasteiger partial charge in [-0.2, -0.15) is 0 Å². The van der Waals surface area contributed by atoms with Crippen LogP contribution in [0.1, 0.15) is 63.4 Å². The Balaban J connectivity index is 1.83. The molecule has 0 bridgehead atoms. The summed E-state index contributed by atoms with van der Waals surface area (Å²) in [5.74, 6) is -1.28. The number of phenols is 1. The summed E-state index contributed by atoms with van der Waals surface area (Å²) in [5.41, 5.74) is 2.62. The van der Waals surface area contributed by atoms with E-state index in [1.165, 1.54) is 14.2 Å². The molecule has 31 heavy (non-hydrogen) atoms. The van der Waals surface area contributed by atoms with E-state index in [1.54, 1.807) is 12.1 Å². The van der Waals surface area contributed by atoms with Gasteiger partial charge in [0.1, 0.15) is 12.0 Å². The topological polar surface area (TPSA) is 94.4 Å². The third-order valence-corrected chi connectivity index (χ3v) is 6.53. The summed E-state index contributed by atoms with van der Waals surface area (Å²) in [6.07, 6.45) is 5.65. The number of benzene rings is 1. The van der Waals surface area contributed by atoms with Gasteiger partial charge in [0.2, 0.25) is 5.75 Å². The number of esters is 1. The Labute approximate surface area is 182 Å². The second-order valence-electron chi connectivity index (χ2n) is 8.46. The zero-order valence-corrected chi connectivity index (χ0v) is 18.3. The number of nitrogens with zero attached hydrogens (tertiary/aromatic N) is 1. The fourth-order valence-corrected chi connectivity index (χ4v) is 5.01. The molecule has 1 saturated carbocycles. The number of aliphatic imine (C=N–C) groups is 1. The van der Waals surface area contributed by atoms with Gasteiger partial charge in [-0.25, -0.2) is 0 Å². The lowest BCUT2D eigenvalue weighted by Crippen LogP contribution is -2.38. The molecule has 0 amide bonds. The highest BCUT2D eigenvalue weighted by Gasteiger charge is 2.44. The molecular weight excluding hydrogens is 398 g/mol. The van der Waals surface area contributed by atoms with Gasteiger partial charge in [-0.1, -0.05) is 0 Å². The molecule has 3 aliphatic rings. The summed E-state index contributed by atoms with van der Waals surface area (Å²) in [6, 6.07) is 3.34. The van der Waals surface area contributed by atoms with Crippen LogP contribution in [0.25, 0.3) is 0 Å². The van der Waals surface area contributed by atoms with Gasteiger partial charge in [0.15, 0.2) is 17.3 Å². The first-order chi connectivity index (χ1) is 14.9. The number of hydrogen-bond acceptors (Lipinski definition) is 7. The van der Waals surface area contributed by atoms with E-state index in [0.717, 1.165) is 37.8 Å². The molecular formula is C24H29NO6. The van der Waals surface area contributed by atoms with E-state index in [2.05, 4.69) is 4.99 Å². The zero-order valence-electron chi connectivity index (χ0n) is 18.3. The molecule has 1 unspecified atom stereocenters. The molecule has 166 valence electrons. The molecule has 1 N–H and O–H groups in total. The minimum absolute atomic E-state index is 0.00664. The molecule has 1 aliphatic heterocycles. The maximum absolute atomic E-state index is 13.4. The number of carbonyl (C=O) groups excluding carboxylic acids is 2. The molecule has 0 saturated heterocycles. The number of allylic oxidation sites excluding steroid dienone is 2. The summed E-state index contributed by atoms with van der Waals surface area (Å²) < 4.78 is 16.5. The quantitative estimate of drug-likeness (QED) is 0.712. The lowest BCUT2D eigenvalue weighted by Gasteiger charge is -2.35. The van der Waals surface area contributed by atoms with Gasteiger partial charge in [-0.15, -0.1) is 0 Å². The van der Waals surface area contributed by atoms with Crippen molar-refractivity contribution in [1.82, 2.24) is 0 Å². The van der Waals surface area contributed by atoms with Gasteiger partial charge in [-0.3, -0.25) is 14.6 Å². The highest BCUT2D eigenvalue weighted by Crippen LogP contribution is 2.47. The highest BCUT2D eigenvalue weighted by molar-refractivity contribution is 6.08. The van der Waals surface area contributed by atoms with Gasteiger partial charge >= 0.3 is 5.97 Å². The number of carbonyl (C=O) groups is 2. The molecule has 7 heteroatoms. The number of phenolic OH excluding ortho intramolecular Hbond substituents is 1.